The van der Waals surface area contributed by atoms with Gasteiger partial charge in [-0.05, 0) is 24.6 Å². The van der Waals surface area contributed by atoms with Gasteiger partial charge in [-0.1, -0.05) is 12.1 Å². The van der Waals surface area contributed by atoms with E-state index in [1.807, 2.05) is 31.2 Å². The number of ether oxygens (including phenoxy) is 2. The molecule has 1 rings (SSSR count). The Bertz CT molecular complexity index is 286. The minimum absolute atomic E-state index is 0.0473. The van der Waals surface area contributed by atoms with Gasteiger partial charge in [-0.3, -0.25) is 0 Å². The second kappa shape index (κ2) is 6.43. The molecule has 84 valence electrons. The maximum Gasteiger partial charge on any atom is 0.119 e. The molecule has 0 radical (unpaired) electrons. The molecule has 0 aliphatic heterocycles. The molecular weight excluding hydrogens is 192 g/mol. The number of benzene rings is 1. The summed E-state index contributed by atoms with van der Waals surface area (Å²) in [6, 6.07) is 7.47. The van der Waals surface area contributed by atoms with Gasteiger partial charge >= 0.3 is 0 Å². The summed E-state index contributed by atoms with van der Waals surface area (Å²) in [5.41, 5.74) is 0.868. The van der Waals surface area contributed by atoms with Gasteiger partial charge < -0.3 is 14.6 Å². The van der Waals surface area contributed by atoms with Crippen LogP contribution in [0.5, 0.6) is 5.75 Å². The summed E-state index contributed by atoms with van der Waals surface area (Å²) in [6.45, 7) is 2.68. The first kappa shape index (κ1) is 12.0. The number of hydrogen-bond donors (Lipinski definition) is 1. The first-order valence-electron chi connectivity index (χ1n) is 5.11. The highest BCUT2D eigenvalue weighted by Crippen LogP contribution is 2.13. The van der Waals surface area contributed by atoms with Crippen LogP contribution in [-0.4, -0.2) is 24.9 Å². The molecule has 0 bridgehead atoms. The van der Waals surface area contributed by atoms with Crippen LogP contribution in [0.4, 0.5) is 0 Å². The molecule has 0 saturated heterocycles. The number of methoxy groups -OCH3 is 1. The molecule has 0 heterocycles. The molecule has 0 fully saturated rings. The average Bonchev–Trinajstić information content (AvgIpc) is 2.29. The summed E-state index contributed by atoms with van der Waals surface area (Å²) in [5, 5.41) is 8.94. The van der Waals surface area contributed by atoms with Gasteiger partial charge in [0, 0.05) is 13.5 Å². The van der Waals surface area contributed by atoms with Gasteiger partial charge in [-0.25, -0.2) is 0 Å². The molecule has 1 aromatic carbocycles. The summed E-state index contributed by atoms with van der Waals surface area (Å²) in [6.07, 6.45) is 1.07. The van der Waals surface area contributed by atoms with Crippen LogP contribution in [0.15, 0.2) is 24.3 Å². The third-order valence-electron chi connectivity index (χ3n) is 2.28. The second-order valence-corrected chi connectivity index (χ2v) is 3.49. The van der Waals surface area contributed by atoms with Crippen LogP contribution in [0.25, 0.3) is 0 Å². The predicted molar refractivity (Wildman–Crippen MR) is 58.9 cm³/mol. The van der Waals surface area contributed by atoms with E-state index in [9.17, 15) is 0 Å². The zero-order chi connectivity index (χ0) is 11.1. The Hall–Kier alpha value is -1.06. The van der Waals surface area contributed by atoms with E-state index in [0.29, 0.717) is 6.61 Å². The van der Waals surface area contributed by atoms with Gasteiger partial charge in [0.05, 0.1) is 19.3 Å². The van der Waals surface area contributed by atoms with Gasteiger partial charge in [0.1, 0.15) is 5.75 Å². The van der Waals surface area contributed by atoms with Crippen LogP contribution in [0.2, 0.25) is 0 Å². The van der Waals surface area contributed by atoms with Gasteiger partial charge in [-0.15, -0.1) is 0 Å². The standard InChI is InChI=1S/C12H18O3/c1-10(14-2)6-7-15-12-5-3-4-11(8-12)9-13/h3-5,8,10,13H,6-7,9H2,1-2H3. The van der Waals surface area contributed by atoms with E-state index in [-0.39, 0.29) is 12.7 Å². The molecule has 0 saturated carbocycles. The van der Waals surface area contributed by atoms with Crippen molar-refractivity contribution in [2.24, 2.45) is 0 Å². The molecule has 1 unspecified atom stereocenters. The highest BCUT2D eigenvalue weighted by Gasteiger charge is 2.00. The van der Waals surface area contributed by atoms with Crippen molar-refractivity contribution >= 4 is 0 Å². The van der Waals surface area contributed by atoms with Crippen molar-refractivity contribution in [3.8, 4) is 5.75 Å². The zero-order valence-corrected chi connectivity index (χ0v) is 9.27. The first-order valence-corrected chi connectivity index (χ1v) is 5.11. The van der Waals surface area contributed by atoms with Crippen molar-refractivity contribution in [2.75, 3.05) is 13.7 Å². The van der Waals surface area contributed by atoms with Crippen LogP contribution < -0.4 is 4.74 Å². The lowest BCUT2D eigenvalue weighted by molar-refractivity contribution is 0.0955. The smallest absolute Gasteiger partial charge is 0.119 e. The molecule has 3 nitrogen and oxygen atoms in total. The molecule has 0 aliphatic rings. The number of rotatable bonds is 6. The fourth-order valence-electron chi connectivity index (χ4n) is 1.19. The van der Waals surface area contributed by atoms with Crippen molar-refractivity contribution < 1.29 is 14.6 Å². The summed E-state index contributed by atoms with van der Waals surface area (Å²) >= 11 is 0. The summed E-state index contributed by atoms with van der Waals surface area (Å²) in [5.74, 6) is 0.796. The van der Waals surface area contributed by atoms with Crippen molar-refractivity contribution in [3.63, 3.8) is 0 Å². The van der Waals surface area contributed by atoms with E-state index < -0.39 is 0 Å². The van der Waals surface area contributed by atoms with Crippen molar-refractivity contribution in [1.82, 2.24) is 0 Å². The monoisotopic (exact) mass is 210 g/mol. The molecule has 0 spiro atoms. The summed E-state index contributed by atoms with van der Waals surface area (Å²) in [4.78, 5) is 0. The normalized spacial score (nSPS) is 12.5. The number of aliphatic hydroxyl groups is 1. The molecule has 15 heavy (non-hydrogen) atoms. The Kier molecular flexibility index (Phi) is 5.15. The lowest BCUT2D eigenvalue weighted by Crippen LogP contribution is -2.10. The Morgan fingerprint density at radius 3 is 2.87 bits per heavy atom. The first-order chi connectivity index (χ1) is 7.26. The van der Waals surface area contributed by atoms with Crippen molar-refractivity contribution in [1.29, 1.82) is 0 Å². The Labute approximate surface area is 90.6 Å². The Morgan fingerprint density at radius 1 is 1.40 bits per heavy atom. The number of hydrogen-bond acceptors (Lipinski definition) is 3. The number of aliphatic hydroxyl groups excluding tert-OH is 1. The third kappa shape index (κ3) is 4.32. The molecule has 0 amide bonds. The minimum atomic E-state index is 0.0473. The van der Waals surface area contributed by atoms with Crippen LogP contribution in [-0.2, 0) is 11.3 Å². The Morgan fingerprint density at radius 2 is 2.20 bits per heavy atom. The van der Waals surface area contributed by atoms with E-state index in [1.54, 1.807) is 7.11 Å². The Balaban J connectivity index is 2.37. The van der Waals surface area contributed by atoms with E-state index in [4.69, 9.17) is 14.6 Å². The maximum atomic E-state index is 8.94. The molecule has 0 aliphatic carbocycles. The topological polar surface area (TPSA) is 38.7 Å². The summed E-state index contributed by atoms with van der Waals surface area (Å²) < 4.78 is 10.6. The summed E-state index contributed by atoms with van der Waals surface area (Å²) in [7, 11) is 1.69. The largest absolute Gasteiger partial charge is 0.493 e. The SMILES string of the molecule is COC(C)CCOc1cccc(CO)c1. The average molecular weight is 210 g/mol. The molecule has 1 aromatic rings. The van der Waals surface area contributed by atoms with Gasteiger partial charge in [0.25, 0.3) is 0 Å². The van der Waals surface area contributed by atoms with Gasteiger partial charge in [0.15, 0.2) is 0 Å². The van der Waals surface area contributed by atoms with E-state index in [0.717, 1.165) is 17.7 Å². The van der Waals surface area contributed by atoms with E-state index >= 15 is 0 Å². The van der Waals surface area contributed by atoms with Crippen molar-refractivity contribution in [3.05, 3.63) is 29.8 Å². The van der Waals surface area contributed by atoms with Gasteiger partial charge in [0.2, 0.25) is 0 Å². The highest BCUT2D eigenvalue weighted by atomic mass is 16.5. The lowest BCUT2D eigenvalue weighted by atomic mass is 10.2. The zero-order valence-electron chi connectivity index (χ0n) is 9.27. The molecular formula is C12H18O3. The lowest BCUT2D eigenvalue weighted by Gasteiger charge is -2.11. The highest BCUT2D eigenvalue weighted by molar-refractivity contribution is 5.27. The molecule has 1 atom stereocenters. The van der Waals surface area contributed by atoms with Crippen molar-refractivity contribution in [2.45, 2.75) is 26.1 Å². The van der Waals surface area contributed by atoms with Crippen LogP contribution >= 0.6 is 0 Å². The maximum absolute atomic E-state index is 8.94. The quantitative estimate of drug-likeness (QED) is 0.780. The predicted octanol–water partition coefficient (Wildman–Crippen LogP) is 1.98. The molecule has 3 heteroatoms. The molecule has 0 aromatic heterocycles. The third-order valence-corrected chi connectivity index (χ3v) is 2.28. The van der Waals surface area contributed by atoms with E-state index in [2.05, 4.69) is 0 Å². The minimum Gasteiger partial charge on any atom is -0.493 e. The van der Waals surface area contributed by atoms with Crippen LogP contribution in [0.1, 0.15) is 18.9 Å². The van der Waals surface area contributed by atoms with Gasteiger partial charge in [-0.2, -0.15) is 0 Å². The second-order valence-electron chi connectivity index (χ2n) is 3.49. The van der Waals surface area contributed by atoms with Crippen LogP contribution in [0.3, 0.4) is 0 Å². The fraction of sp³-hybridized carbons (Fsp3) is 0.500. The molecule has 1 N–H and O–H groups in total. The fourth-order valence-corrected chi connectivity index (χ4v) is 1.19. The van der Waals surface area contributed by atoms with E-state index in [1.165, 1.54) is 0 Å². The van der Waals surface area contributed by atoms with Crippen LogP contribution in [0, 0.1) is 0 Å².